The van der Waals surface area contributed by atoms with E-state index in [1.807, 2.05) is 0 Å². The summed E-state index contributed by atoms with van der Waals surface area (Å²) in [6.45, 7) is 1.79. The van der Waals surface area contributed by atoms with Crippen LogP contribution in [0.4, 0.5) is 5.82 Å². The molecule has 1 fully saturated rings. The fourth-order valence-corrected chi connectivity index (χ4v) is 2.35. The van der Waals surface area contributed by atoms with Crippen LogP contribution in [-0.2, 0) is 0 Å². The van der Waals surface area contributed by atoms with Crippen LogP contribution in [0.5, 0.6) is 0 Å². The van der Waals surface area contributed by atoms with Gasteiger partial charge >= 0.3 is 5.69 Å². The van der Waals surface area contributed by atoms with E-state index in [0.717, 1.165) is 25.9 Å². The monoisotopic (exact) mass is 234 g/mol. The van der Waals surface area contributed by atoms with Crippen molar-refractivity contribution in [2.45, 2.75) is 18.9 Å². The van der Waals surface area contributed by atoms with Crippen molar-refractivity contribution in [3.05, 3.63) is 16.8 Å². The Morgan fingerprint density at radius 1 is 1.47 bits per heavy atom. The highest BCUT2D eigenvalue weighted by Crippen LogP contribution is 2.20. The molecule has 2 aromatic rings. The number of aromatic nitrogens is 4. The lowest BCUT2D eigenvalue weighted by atomic mass is 10.1. The van der Waals surface area contributed by atoms with Crippen LogP contribution in [0.1, 0.15) is 18.9 Å². The van der Waals surface area contributed by atoms with Gasteiger partial charge in [0.05, 0.1) is 6.04 Å². The molecule has 7 heteroatoms. The van der Waals surface area contributed by atoms with Gasteiger partial charge in [-0.05, 0) is 19.4 Å². The number of fused-ring (bicyclic) bond motifs is 1. The number of piperidine rings is 1. The highest BCUT2D eigenvalue weighted by Gasteiger charge is 2.21. The number of rotatable bonds is 1. The number of nitrogens with one attached hydrogen (secondary N) is 2. The van der Waals surface area contributed by atoms with Gasteiger partial charge in [0.15, 0.2) is 11.5 Å². The molecular weight excluding hydrogens is 220 g/mol. The van der Waals surface area contributed by atoms with Crippen LogP contribution in [0.2, 0.25) is 0 Å². The zero-order valence-corrected chi connectivity index (χ0v) is 9.31. The molecule has 1 aliphatic rings. The maximum Gasteiger partial charge on any atom is 0.328 e. The predicted octanol–water partition coefficient (Wildman–Crippen LogP) is -0.374. The number of nitrogen functional groups attached to an aromatic ring is 1. The lowest BCUT2D eigenvalue weighted by Crippen LogP contribution is -2.35. The summed E-state index contributed by atoms with van der Waals surface area (Å²) in [5.74, 6) is 0.314. The van der Waals surface area contributed by atoms with Crippen LogP contribution in [0, 0.1) is 0 Å². The number of aromatic amines is 1. The van der Waals surface area contributed by atoms with Gasteiger partial charge in [0.1, 0.15) is 11.8 Å². The Kier molecular flexibility index (Phi) is 2.32. The third-order valence-electron chi connectivity index (χ3n) is 3.17. The van der Waals surface area contributed by atoms with E-state index in [1.54, 1.807) is 4.57 Å². The van der Waals surface area contributed by atoms with Crippen molar-refractivity contribution in [3.63, 3.8) is 0 Å². The van der Waals surface area contributed by atoms with Crippen molar-refractivity contribution in [2.24, 2.45) is 0 Å². The minimum Gasteiger partial charge on any atom is -0.382 e. The number of anilines is 1. The molecule has 1 atom stereocenters. The third-order valence-corrected chi connectivity index (χ3v) is 3.17. The molecular formula is C10H14N6O. The molecule has 0 amide bonds. The van der Waals surface area contributed by atoms with Crippen LogP contribution >= 0.6 is 0 Å². The van der Waals surface area contributed by atoms with E-state index < -0.39 is 0 Å². The quantitative estimate of drug-likeness (QED) is 0.624. The van der Waals surface area contributed by atoms with Gasteiger partial charge < -0.3 is 16.0 Å². The first-order chi connectivity index (χ1) is 8.27. The van der Waals surface area contributed by atoms with Crippen LogP contribution < -0.4 is 16.7 Å². The van der Waals surface area contributed by atoms with Crippen LogP contribution in [0.25, 0.3) is 11.2 Å². The fraction of sp³-hybridized carbons (Fsp3) is 0.500. The van der Waals surface area contributed by atoms with Crippen LogP contribution in [-0.4, -0.2) is 32.6 Å². The Morgan fingerprint density at radius 3 is 3.12 bits per heavy atom. The first kappa shape index (κ1) is 10.3. The predicted molar refractivity (Wildman–Crippen MR) is 63.7 cm³/mol. The molecule has 90 valence electrons. The molecule has 0 aromatic carbocycles. The molecule has 1 aliphatic heterocycles. The molecule has 1 unspecified atom stereocenters. The van der Waals surface area contributed by atoms with E-state index in [1.165, 1.54) is 6.33 Å². The van der Waals surface area contributed by atoms with E-state index in [2.05, 4.69) is 20.3 Å². The molecule has 0 saturated carbocycles. The summed E-state index contributed by atoms with van der Waals surface area (Å²) in [6, 6.07) is 0.138. The Labute approximate surface area is 97.1 Å². The summed E-state index contributed by atoms with van der Waals surface area (Å²) in [7, 11) is 0. The van der Waals surface area contributed by atoms with Crippen molar-refractivity contribution < 1.29 is 0 Å². The third kappa shape index (κ3) is 1.59. The highest BCUT2D eigenvalue weighted by atomic mass is 16.1. The Bertz CT molecular complexity index is 594. The molecule has 3 rings (SSSR count). The van der Waals surface area contributed by atoms with Gasteiger partial charge in [-0.2, -0.15) is 0 Å². The number of nitrogens with zero attached hydrogens (tertiary/aromatic N) is 3. The SMILES string of the molecule is Nc1ncnc2c1[nH]c(=O)n2C1CCCNC1. The Morgan fingerprint density at radius 2 is 2.35 bits per heavy atom. The average Bonchev–Trinajstić information content (AvgIpc) is 2.68. The van der Waals surface area contributed by atoms with Crippen molar-refractivity contribution in [1.82, 2.24) is 24.8 Å². The summed E-state index contributed by atoms with van der Waals surface area (Å²) >= 11 is 0. The Hall–Kier alpha value is -1.89. The lowest BCUT2D eigenvalue weighted by molar-refractivity contribution is 0.370. The van der Waals surface area contributed by atoms with Crippen LogP contribution in [0.3, 0.4) is 0 Å². The molecule has 0 bridgehead atoms. The van der Waals surface area contributed by atoms with Crippen molar-refractivity contribution in [2.75, 3.05) is 18.8 Å². The second kappa shape index (κ2) is 3.85. The molecule has 3 heterocycles. The van der Waals surface area contributed by atoms with Gasteiger partial charge in [0.25, 0.3) is 0 Å². The minimum absolute atomic E-state index is 0.138. The number of hydrogen-bond acceptors (Lipinski definition) is 5. The normalized spacial score (nSPS) is 20.8. The number of hydrogen-bond donors (Lipinski definition) is 3. The highest BCUT2D eigenvalue weighted by molar-refractivity contribution is 5.81. The number of H-pyrrole nitrogens is 1. The van der Waals surface area contributed by atoms with E-state index in [9.17, 15) is 4.79 Å². The van der Waals surface area contributed by atoms with Gasteiger partial charge in [-0.3, -0.25) is 4.57 Å². The second-order valence-electron chi connectivity index (χ2n) is 4.26. The molecule has 17 heavy (non-hydrogen) atoms. The first-order valence-corrected chi connectivity index (χ1v) is 5.69. The summed E-state index contributed by atoms with van der Waals surface area (Å²) in [5.41, 5.74) is 6.68. The second-order valence-corrected chi connectivity index (χ2v) is 4.26. The zero-order valence-electron chi connectivity index (χ0n) is 9.31. The van der Waals surface area contributed by atoms with Gasteiger partial charge in [-0.25, -0.2) is 14.8 Å². The van der Waals surface area contributed by atoms with E-state index in [0.29, 0.717) is 17.0 Å². The number of nitrogens with two attached hydrogens (primary N) is 1. The topological polar surface area (TPSA) is 102 Å². The van der Waals surface area contributed by atoms with Crippen LogP contribution in [0.15, 0.2) is 11.1 Å². The Balaban J connectivity index is 2.18. The smallest absolute Gasteiger partial charge is 0.328 e. The molecule has 1 saturated heterocycles. The standard InChI is InChI=1S/C10H14N6O/c11-8-7-9(14-5-13-8)16(10(17)15-7)6-2-1-3-12-4-6/h5-6,12H,1-4H2,(H,15,17)(H2,11,13,14). The molecule has 4 N–H and O–H groups in total. The maximum absolute atomic E-state index is 11.9. The number of imidazole rings is 1. The van der Waals surface area contributed by atoms with Crippen molar-refractivity contribution in [3.8, 4) is 0 Å². The molecule has 0 aliphatic carbocycles. The van der Waals surface area contributed by atoms with Crippen molar-refractivity contribution in [1.29, 1.82) is 0 Å². The zero-order chi connectivity index (χ0) is 11.8. The van der Waals surface area contributed by atoms with Gasteiger partial charge in [-0.1, -0.05) is 0 Å². The van der Waals surface area contributed by atoms with Gasteiger partial charge in [-0.15, -0.1) is 0 Å². The summed E-state index contributed by atoms with van der Waals surface area (Å²) in [5, 5.41) is 3.28. The fourth-order valence-electron chi connectivity index (χ4n) is 2.35. The lowest BCUT2D eigenvalue weighted by Gasteiger charge is -2.23. The average molecular weight is 234 g/mol. The molecule has 0 radical (unpaired) electrons. The molecule has 7 nitrogen and oxygen atoms in total. The maximum atomic E-state index is 11.9. The summed E-state index contributed by atoms with van der Waals surface area (Å²) in [6.07, 6.45) is 3.42. The summed E-state index contributed by atoms with van der Waals surface area (Å²) < 4.78 is 1.68. The molecule has 2 aromatic heterocycles. The first-order valence-electron chi connectivity index (χ1n) is 5.69. The van der Waals surface area contributed by atoms with Gasteiger partial charge in [0.2, 0.25) is 0 Å². The van der Waals surface area contributed by atoms with E-state index in [4.69, 9.17) is 5.73 Å². The van der Waals surface area contributed by atoms with Crippen molar-refractivity contribution >= 4 is 17.0 Å². The minimum atomic E-state index is -0.166. The van der Waals surface area contributed by atoms with E-state index >= 15 is 0 Å². The molecule has 0 spiro atoms. The largest absolute Gasteiger partial charge is 0.382 e. The summed E-state index contributed by atoms with van der Waals surface area (Å²) in [4.78, 5) is 22.7. The van der Waals surface area contributed by atoms with E-state index in [-0.39, 0.29) is 11.7 Å². The van der Waals surface area contributed by atoms with Gasteiger partial charge in [0, 0.05) is 6.54 Å².